The van der Waals surface area contributed by atoms with Gasteiger partial charge in [-0.05, 0) is 42.8 Å². The molecule has 1 heterocycles. The fraction of sp³-hybridized carbons (Fsp3) is 0.192. The van der Waals surface area contributed by atoms with Gasteiger partial charge in [-0.25, -0.2) is 0 Å². The molecule has 34 heavy (non-hydrogen) atoms. The normalized spacial score (nSPS) is 10.6. The first-order valence-electron chi connectivity index (χ1n) is 10.7. The minimum absolute atomic E-state index is 0.236. The van der Waals surface area contributed by atoms with Gasteiger partial charge in [-0.15, -0.1) is 0 Å². The van der Waals surface area contributed by atoms with Gasteiger partial charge in [0.05, 0.1) is 14.2 Å². The molecule has 1 aromatic heterocycles. The first-order chi connectivity index (χ1) is 16.5. The molecule has 2 N–H and O–H groups in total. The summed E-state index contributed by atoms with van der Waals surface area (Å²) < 4.78 is 15.9. The van der Waals surface area contributed by atoms with E-state index in [-0.39, 0.29) is 5.91 Å². The third-order valence-corrected chi connectivity index (χ3v) is 5.40. The van der Waals surface area contributed by atoms with Gasteiger partial charge >= 0.3 is 0 Å². The lowest BCUT2D eigenvalue weighted by Crippen LogP contribution is -2.23. The van der Waals surface area contributed by atoms with Crippen molar-refractivity contribution in [3.05, 3.63) is 83.2 Å². The summed E-state index contributed by atoms with van der Waals surface area (Å²) in [6, 6.07) is 19.0. The maximum atomic E-state index is 13.0. The Hall–Kier alpha value is -4.33. The van der Waals surface area contributed by atoms with E-state index in [2.05, 4.69) is 20.8 Å². The molecule has 0 aliphatic rings. The lowest BCUT2D eigenvalue weighted by atomic mass is 10.1. The Morgan fingerprint density at radius 3 is 2.29 bits per heavy atom. The molecule has 174 valence electrons. The van der Waals surface area contributed by atoms with Gasteiger partial charge < -0.3 is 24.6 Å². The van der Waals surface area contributed by atoms with Crippen LogP contribution in [0.1, 0.15) is 27.4 Å². The van der Waals surface area contributed by atoms with Gasteiger partial charge in [-0.1, -0.05) is 35.5 Å². The number of nitrogens with zero attached hydrogens (tertiary/aromatic N) is 2. The quantitative estimate of drug-likeness (QED) is 0.381. The minimum atomic E-state index is -0.236. The number of anilines is 2. The molecule has 0 radical (unpaired) electrons. The molecule has 0 spiro atoms. The van der Waals surface area contributed by atoms with E-state index in [1.807, 2.05) is 55.5 Å². The topological polar surface area (TPSA) is 98.5 Å². The van der Waals surface area contributed by atoms with Crippen molar-refractivity contribution >= 4 is 17.3 Å². The number of carbonyl (C=O) groups excluding carboxylic acids is 1. The molecule has 4 rings (SSSR count). The van der Waals surface area contributed by atoms with Gasteiger partial charge in [0, 0.05) is 41.5 Å². The Morgan fingerprint density at radius 2 is 1.68 bits per heavy atom. The van der Waals surface area contributed by atoms with Crippen LogP contribution >= 0.6 is 0 Å². The molecule has 0 fully saturated rings. The first kappa shape index (κ1) is 22.8. The van der Waals surface area contributed by atoms with Gasteiger partial charge in [-0.3, -0.25) is 4.79 Å². The summed E-state index contributed by atoms with van der Waals surface area (Å²) in [6.07, 6.45) is 0. The number of rotatable bonds is 8. The van der Waals surface area contributed by atoms with Crippen LogP contribution in [0.2, 0.25) is 0 Å². The van der Waals surface area contributed by atoms with E-state index in [0.717, 1.165) is 28.1 Å². The maximum absolute atomic E-state index is 13.0. The molecule has 8 heteroatoms. The van der Waals surface area contributed by atoms with Gasteiger partial charge in [0.1, 0.15) is 11.5 Å². The molecular formula is C26H26N4O4. The van der Waals surface area contributed by atoms with Gasteiger partial charge in [0.25, 0.3) is 5.91 Å². The van der Waals surface area contributed by atoms with Crippen LogP contribution in [-0.2, 0) is 6.54 Å². The minimum Gasteiger partial charge on any atom is -0.496 e. The predicted octanol–water partition coefficient (Wildman–Crippen LogP) is 5.04. The van der Waals surface area contributed by atoms with E-state index in [4.69, 9.17) is 14.0 Å². The van der Waals surface area contributed by atoms with Crippen LogP contribution < -0.4 is 20.1 Å². The summed E-state index contributed by atoms with van der Waals surface area (Å²) >= 11 is 0. The highest BCUT2D eigenvalue weighted by atomic mass is 16.5. The number of methoxy groups -OCH3 is 2. The fourth-order valence-corrected chi connectivity index (χ4v) is 3.57. The lowest BCUT2D eigenvalue weighted by molar-refractivity contribution is 0.0950. The van der Waals surface area contributed by atoms with Crippen LogP contribution in [0.3, 0.4) is 0 Å². The van der Waals surface area contributed by atoms with E-state index >= 15 is 0 Å². The van der Waals surface area contributed by atoms with Crippen molar-refractivity contribution in [1.82, 2.24) is 15.5 Å². The Balaban J connectivity index is 1.60. The first-order valence-corrected chi connectivity index (χ1v) is 10.7. The average molecular weight is 459 g/mol. The molecule has 0 aliphatic heterocycles. The molecule has 0 atom stereocenters. The lowest BCUT2D eigenvalue weighted by Gasteiger charge is -2.15. The van der Waals surface area contributed by atoms with E-state index in [0.29, 0.717) is 35.3 Å². The number of hydrogen-bond acceptors (Lipinski definition) is 7. The number of amides is 1. The molecule has 0 saturated heterocycles. The third-order valence-electron chi connectivity index (χ3n) is 5.40. The molecule has 1 amide bonds. The highest BCUT2D eigenvalue weighted by Crippen LogP contribution is 2.30. The van der Waals surface area contributed by atoms with Crippen LogP contribution in [0.5, 0.6) is 11.5 Å². The zero-order chi connectivity index (χ0) is 24.1. The van der Waals surface area contributed by atoms with Crippen molar-refractivity contribution in [2.24, 2.45) is 0 Å². The molecular weight excluding hydrogens is 432 g/mol. The Kier molecular flexibility index (Phi) is 6.77. The van der Waals surface area contributed by atoms with Crippen molar-refractivity contribution in [3.63, 3.8) is 0 Å². The summed E-state index contributed by atoms with van der Waals surface area (Å²) in [5, 5.41) is 10.4. The Labute approximate surface area is 197 Å². The SMILES string of the molecule is COc1cc(C(=O)NCc2ccc(-c3noc(C)n3)cc2Nc2ccccc2)cc(OC)c1C. The highest BCUT2D eigenvalue weighted by molar-refractivity contribution is 5.95. The summed E-state index contributed by atoms with van der Waals surface area (Å²) in [5.41, 5.74) is 4.74. The van der Waals surface area contributed by atoms with Crippen LogP contribution in [0, 0.1) is 13.8 Å². The van der Waals surface area contributed by atoms with E-state index in [1.54, 1.807) is 33.3 Å². The number of carbonyl (C=O) groups is 1. The molecule has 3 aromatic carbocycles. The molecule has 0 bridgehead atoms. The van der Waals surface area contributed by atoms with Crippen LogP contribution in [0.4, 0.5) is 11.4 Å². The largest absolute Gasteiger partial charge is 0.496 e. The number of benzene rings is 3. The molecule has 0 saturated carbocycles. The molecule has 0 aliphatic carbocycles. The average Bonchev–Trinajstić information content (AvgIpc) is 3.30. The molecule has 8 nitrogen and oxygen atoms in total. The van der Waals surface area contributed by atoms with Gasteiger partial charge in [-0.2, -0.15) is 4.98 Å². The van der Waals surface area contributed by atoms with Crippen molar-refractivity contribution < 1.29 is 18.8 Å². The zero-order valence-corrected chi connectivity index (χ0v) is 19.5. The van der Waals surface area contributed by atoms with Crippen LogP contribution in [0.15, 0.2) is 65.2 Å². The second kappa shape index (κ2) is 10.1. The number of aromatic nitrogens is 2. The summed E-state index contributed by atoms with van der Waals surface area (Å²) in [7, 11) is 3.13. The smallest absolute Gasteiger partial charge is 0.251 e. The summed E-state index contributed by atoms with van der Waals surface area (Å²) in [5.74, 6) is 1.95. The standard InChI is InChI=1S/C26H26N4O4/c1-16-23(32-3)13-20(14-24(16)33-4)26(31)27-15-19-11-10-18(25-28-17(2)34-30-25)12-22(19)29-21-8-6-5-7-9-21/h5-14,29H,15H2,1-4H3,(H,27,31). The third kappa shape index (κ3) is 5.01. The van der Waals surface area contributed by atoms with E-state index in [9.17, 15) is 4.79 Å². The van der Waals surface area contributed by atoms with Crippen molar-refractivity contribution in [2.45, 2.75) is 20.4 Å². The van der Waals surface area contributed by atoms with Crippen molar-refractivity contribution in [3.8, 4) is 22.9 Å². The molecule has 0 unspecified atom stereocenters. The van der Waals surface area contributed by atoms with E-state index < -0.39 is 0 Å². The van der Waals surface area contributed by atoms with Crippen LogP contribution in [0.25, 0.3) is 11.4 Å². The number of ether oxygens (including phenoxy) is 2. The van der Waals surface area contributed by atoms with E-state index in [1.165, 1.54) is 0 Å². The zero-order valence-electron chi connectivity index (χ0n) is 19.5. The fourth-order valence-electron chi connectivity index (χ4n) is 3.57. The second-order valence-electron chi connectivity index (χ2n) is 7.69. The highest BCUT2D eigenvalue weighted by Gasteiger charge is 2.15. The summed E-state index contributed by atoms with van der Waals surface area (Å²) in [6.45, 7) is 3.93. The molecule has 4 aromatic rings. The van der Waals surface area contributed by atoms with Crippen molar-refractivity contribution in [1.29, 1.82) is 0 Å². The Bertz CT molecular complexity index is 1280. The number of para-hydroxylation sites is 1. The van der Waals surface area contributed by atoms with Crippen LogP contribution in [-0.4, -0.2) is 30.3 Å². The Morgan fingerprint density at radius 1 is 0.971 bits per heavy atom. The second-order valence-corrected chi connectivity index (χ2v) is 7.69. The maximum Gasteiger partial charge on any atom is 0.251 e. The van der Waals surface area contributed by atoms with Gasteiger partial charge in [0.15, 0.2) is 0 Å². The number of hydrogen-bond donors (Lipinski definition) is 2. The van der Waals surface area contributed by atoms with Gasteiger partial charge in [0.2, 0.25) is 11.7 Å². The monoisotopic (exact) mass is 458 g/mol. The number of aryl methyl sites for hydroxylation is 1. The summed E-state index contributed by atoms with van der Waals surface area (Å²) in [4.78, 5) is 17.3. The number of nitrogens with one attached hydrogen (secondary N) is 2. The van der Waals surface area contributed by atoms with Crippen molar-refractivity contribution in [2.75, 3.05) is 19.5 Å². The predicted molar refractivity (Wildman–Crippen MR) is 130 cm³/mol.